The molecule has 0 spiro atoms. The largest absolute Gasteiger partial charge is 0.324 e. The van der Waals surface area contributed by atoms with Gasteiger partial charge in [-0.15, -0.1) is 0 Å². The Labute approximate surface area is 74.1 Å². The van der Waals surface area contributed by atoms with E-state index in [1.54, 1.807) is 6.92 Å². The van der Waals surface area contributed by atoms with Crippen LogP contribution in [0, 0.1) is 11.6 Å². The molecule has 0 unspecified atom stereocenters. The summed E-state index contributed by atoms with van der Waals surface area (Å²) in [6.45, 7) is 1.58. The molecule has 12 heavy (non-hydrogen) atoms. The number of halogens is 3. The van der Waals surface area contributed by atoms with Gasteiger partial charge in [0.2, 0.25) is 0 Å². The minimum absolute atomic E-state index is 0.136. The number of hydrogen-bond donors (Lipinski definition) is 1. The number of benzene rings is 1. The zero-order valence-corrected chi connectivity index (χ0v) is 7.20. The molecule has 0 heterocycles. The second kappa shape index (κ2) is 3.37. The van der Waals surface area contributed by atoms with E-state index in [2.05, 4.69) is 0 Å². The summed E-state index contributed by atoms with van der Waals surface area (Å²) < 4.78 is 25.7. The van der Waals surface area contributed by atoms with Crippen molar-refractivity contribution >= 4 is 11.6 Å². The van der Waals surface area contributed by atoms with Crippen molar-refractivity contribution in [3.8, 4) is 0 Å². The maximum absolute atomic E-state index is 13.0. The standard InChI is InChI=1S/C8H8ClF2N/c1-4(12)5-2-8(11)6(9)3-7(5)10/h2-4H,12H2,1H3/t4-/m1/s1. The van der Waals surface area contributed by atoms with E-state index in [1.165, 1.54) is 0 Å². The fourth-order valence-corrected chi connectivity index (χ4v) is 1.04. The van der Waals surface area contributed by atoms with Crippen molar-refractivity contribution < 1.29 is 8.78 Å². The van der Waals surface area contributed by atoms with Gasteiger partial charge in [-0.1, -0.05) is 11.6 Å². The Bertz CT molecular complexity index is 299. The monoisotopic (exact) mass is 191 g/mol. The van der Waals surface area contributed by atoms with E-state index in [0.717, 1.165) is 12.1 Å². The Balaban J connectivity index is 3.23. The molecule has 0 aliphatic heterocycles. The first-order chi connectivity index (χ1) is 5.52. The molecule has 4 heteroatoms. The highest BCUT2D eigenvalue weighted by atomic mass is 35.5. The van der Waals surface area contributed by atoms with E-state index in [0.29, 0.717) is 0 Å². The van der Waals surface area contributed by atoms with Crippen LogP contribution in [0.4, 0.5) is 8.78 Å². The fraction of sp³-hybridized carbons (Fsp3) is 0.250. The average molecular weight is 192 g/mol. The van der Waals surface area contributed by atoms with Crippen molar-refractivity contribution in [1.29, 1.82) is 0 Å². The Hall–Kier alpha value is -0.670. The maximum Gasteiger partial charge on any atom is 0.142 e. The summed E-state index contributed by atoms with van der Waals surface area (Å²) in [4.78, 5) is 0. The van der Waals surface area contributed by atoms with Crippen LogP contribution in [0.15, 0.2) is 12.1 Å². The molecule has 1 aromatic rings. The molecule has 0 aromatic heterocycles. The first kappa shape index (κ1) is 9.42. The van der Waals surface area contributed by atoms with Gasteiger partial charge >= 0.3 is 0 Å². The molecule has 1 rings (SSSR count). The molecule has 0 aliphatic carbocycles. The van der Waals surface area contributed by atoms with Gasteiger partial charge in [0, 0.05) is 11.6 Å². The zero-order chi connectivity index (χ0) is 9.30. The normalized spacial score (nSPS) is 13.1. The fourth-order valence-electron chi connectivity index (χ4n) is 0.887. The highest BCUT2D eigenvalue weighted by Crippen LogP contribution is 2.22. The lowest BCUT2D eigenvalue weighted by molar-refractivity contribution is 0.572. The minimum Gasteiger partial charge on any atom is -0.324 e. The predicted molar refractivity (Wildman–Crippen MR) is 44.0 cm³/mol. The van der Waals surface area contributed by atoms with E-state index in [-0.39, 0.29) is 10.6 Å². The third-order valence-corrected chi connectivity index (χ3v) is 1.82. The maximum atomic E-state index is 13.0. The van der Waals surface area contributed by atoms with Crippen LogP contribution in [-0.2, 0) is 0 Å². The SMILES string of the molecule is C[C@@H](N)c1cc(F)c(Cl)cc1F. The highest BCUT2D eigenvalue weighted by Gasteiger charge is 2.10. The molecule has 1 aromatic carbocycles. The third-order valence-electron chi connectivity index (χ3n) is 1.53. The quantitative estimate of drug-likeness (QED) is 0.679. The third kappa shape index (κ3) is 1.73. The molecule has 0 saturated heterocycles. The van der Waals surface area contributed by atoms with Gasteiger partial charge in [-0.3, -0.25) is 0 Å². The van der Waals surface area contributed by atoms with E-state index in [4.69, 9.17) is 17.3 Å². The van der Waals surface area contributed by atoms with Gasteiger partial charge in [-0.2, -0.15) is 0 Å². The van der Waals surface area contributed by atoms with Gasteiger partial charge in [-0.25, -0.2) is 8.78 Å². The summed E-state index contributed by atoms with van der Waals surface area (Å²) in [5.74, 6) is -1.22. The molecule has 0 amide bonds. The molecule has 0 saturated carbocycles. The van der Waals surface area contributed by atoms with Crippen LogP contribution in [0.1, 0.15) is 18.5 Å². The zero-order valence-electron chi connectivity index (χ0n) is 6.44. The Morgan fingerprint density at radius 2 is 1.92 bits per heavy atom. The van der Waals surface area contributed by atoms with Gasteiger partial charge in [0.05, 0.1) is 5.02 Å². The smallest absolute Gasteiger partial charge is 0.142 e. The minimum atomic E-state index is -0.648. The molecular weight excluding hydrogens is 184 g/mol. The molecule has 2 N–H and O–H groups in total. The first-order valence-electron chi connectivity index (χ1n) is 3.42. The topological polar surface area (TPSA) is 26.0 Å². The average Bonchev–Trinajstić information content (AvgIpc) is 1.96. The highest BCUT2D eigenvalue weighted by molar-refractivity contribution is 6.30. The van der Waals surface area contributed by atoms with Crippen molar-refractivity contribution in [1.82, 2.24) is 0 Å². The molecule has 0 fully saturated rings. The number of rotatable bonds is 1. The van der Waals surface area contributed by atoms with Crippen molar-refractivity contribution in [2.24, 2.45) is 5.73 Å². The van der Waals surface area contributed by atoms with Crippen molar-refractivity contribution in [2.75, 3.05) is 0 Å². The molecule has 0 aliphatic rings. The molecule has 66 valence electrons. The van der Waals surface area contributed by atoms with Gasteiger partial charge in [0.15, 0.2) is 0 Å². The van der Waals surface area contributed by atoms with E-state index >= 15 is 0 Å². The van der Waals surface area contributed by atoms with Gasteiger partial charge in [0.1, 0.15) is 11.6 Å². The van der Waals surface area contributed by atoms with E-state index < -0.39 is 17.7 Å². The molecular formula is C8H8ClF2N. The summed E-state index contributed by atoms with van der Waals surface area (Å²) in [5.41, 5.74) is 5.52. The van der Waals surface area contributed by atoms with Crippen molar-refractivity contribution in [2.45, 2.75) is 13.0 Å². The summed E-state index contributed by atoms with van der Waals surface area (Å²) in [6, 6.07) is 1.41. The first-order valence-corrected chi connectivity index (χ1v) is 3.80. The second-order valence-electron chi connectivity index (χ2n) is 2.58. The Morgan fingerprint density at radius 1 is 1.33 bits per heavy atom. The van der Waals surface area contributed by atoms with Crippen LogP contribution in [0.25, 0.3) is 0 Å². The van der Waals surface area contributed by atoms with Crippen LogP contribution < -0.4 is 5.73 Å². The molecule has 0 bridgehead atoms. The molecule has 0 radical (unpaired) electrons. The predicted octanol–water partition coefficient (Wildman–Crippen LogP) is 2.64. The van der Waals surface area contributed by atoms with Crippen LogP contribution in [0.5, 0.6) is 0 Å². The summed E-state index contributed by atoms with van der Waals surface area (Å²) in [6.07, 6.45) is 0. The van der Waals surface area contributed by atoms with Gasteiger partial charge < -0.3 is 5.73 Å². The molecule has 1 atom stereocenters. The molecule has 1 nitrogen and oxygen atoms in total. The lowest BCUT2D eigenvalue weighted by Gasteiger charge is -2.07. The number of hydrogen-bond acceptors (Lipinski definition) is 1. The summed E-state index contributed by atoms with van der Waals surface area (Å²) >= 11 is 5.33. The van der Waals surface area contributed by atoms with E-state index in [9.17, 15) is 8.78 Å². The summed E-state index contributed by atoms with van der Waals surface area (Å²) in [7, 11) is 0. The van der Waals surface area contributed by atoms with Crippen LogP contribution in [0.2, 0.25) is 5.02 Å². The Kier molecular flexibility index (Phi) is 2.65. The number of nitrogens with two attached hydrogens (primary N) is 1. The van der Waals surface area contributed by atoms with Crippen LogP contribution >= 0.6 is 11.6 Å². The van der Waals surface area contributed by atoms with Crippen LogP contribution in [0.3, 0.4) is 0 Å². The van der Waals surface area contributed by atoms with Crippen molar-refractivity contribution in [3.63, 3.8) is 0 Å². The summed E-state index contributed by atoms with van der Waals surface area (Å²) in [5, 5.41) is -0.225. The van der Waals surface area contributed by atoms with Crippen molar-refractivity contribution in [3.05, 3.63) is 34.4 Å². The Morgan fingerprint density at radius 3 is 2.42 bits per heavy atom. The van der Waals surface area contributed by atoms with E-state index in [1.807, 2.05) is 0 Å². The van der Waals surface area contributed by atoms with Crippen LogP contribution in [-0.4, -0.2) is 0 Å². The van der Waals surface area contributed by atoms with Gasteiger partial charge in [0.25, 0.3) is 0 Å². The van der Waals surface area contributed by atoms with Gasteiger partial charge in [-0.05, 0) is 19.1 Å². The lowest BCUT2D eigenvalue weighted by atomic mass is 10.1. The lowest BCUT2D eigenvalue weighted by Crippen LogP contribution is -2.07. The second-order valence-corrected chi connectivity index (χ2v) is 2.98.